The summed E-state index contributed by atoms with van der Waals surface area (Å²) in [5, 5.41) is 4.18. The van der Waals surface area contributed by atoms with Crippen LogP contribution >= 0.6 is 23.1 Å². The molecular weight excluding hydrogens is 316 g/mol. The molecule has 0 saturated carbocycles. The van der Waals surface area contributed by atoms with E-state index in [-0.39, 0.29) is 5.91 Å². The fourth-order valence-electron chi connectivity index (χ4n) is 1.86. The third-order valence-corrected chi connectivity index (χ3v) is 4.70. The highest BCUT2D eigenvalue weighted by atomic mass is 32.2. The number of nitrogens with zero attached hydrogens (tertiary/aromatic N) is 3. The number of hydrogen-bond acceptors (Lipinski definition) is 6. The van der Waals surface area contributed by atoms with Gasteiger partial charge in [0.25, 0.3) is 0 Å². The van der Waals surface area contributed by atoms with Gasteiger partial charge in [0.2, 0.25) is 5.91 Å². The topological polar surface area (TPSA) is 67.8 Å². The lowest BCUT2D eigenvalue weighted by Crippen LogP contribution is -2.11. The monoisotopic (exact) mass is 330 g/mol. The zero-order valence-corrected chi connectivity index (χ0v) is 13.6. The first-order valence-corrected chi connectivity index (χ1v) is 8.58. The lowest BCUT2D eigenvalue weighted by atomic mass is 10.2. The van der Waals surface area contributed by atoms with Crippen molar-refractivity contribution in [1.29, 1.82) is 0 Å². The predicted octanol–water partition coefficient (Wildman–Crippen LogP) is 3.52. The lowest BCUT2D eigenvalue weighted by molar-refractivity contribution is -0.115. The Balaban J connectivity index is 1.54. The second-order valence-corrected chi connectivity index (χ2v) is 6.76. The number of fused-ring (bicyclic) bond motifs is 1. The van der Waals surface area contributed by atoms with E-state index in [2.05, 4.69) is 26.3 Å². The Labute approximate surface area is 136 Å². The number of anilines is 1. The summed E-state index contributed by atoms with van der Waals surface area (Å²) >= 11 is 2.96. The van der Waals surface area contributed by atoms with Gasteiger partial charge in [0, 0.05) is 24.6 Å². The van der Waals surface area contributed by atoms with Gasteiger partial charge in [-0.1, -0.05) is 29.2 Å². The Hall–Kier alpha value is -1.99. The molecule has 5 nitrogen and oxygen atoms in total. The first kappa shape index (κ1) is 14.9. The van der Waals surface area contributed by atoms with Gasteiger partial charge in [-0.15, -0.1) is 0 Å². The van der Waals surface area contributed by atoms with Crippen LogP contribution in [0.15, 0.2) is 41.8 Å². The van der Waals surface area contributed by atoms with E-state index in [1.165, 1.54) is 28.7 Å². The minimum absolute atomic E-state index is 0.0424. The highest BCUT2D eigenvalue weighted by molar-refractivity contribution is 7.99. The molecule has 1 aromatic carbocycles. The van der Waals surface area contributed by atoms with Crippen molar-refractivity contribution in [1.82, 2.24) is 15.0 Å². The zero-order chi connectivity index (χ0) is 15.4. The molecule has 2 heterocycles. The molecule has 1 amide bonds. The number of nitrogens with one attached hydrogen (secondary N) is 1. The maximum absolute atomic E-state index is 11.9. The van der Waals surface area contributed by atoms with Gasteiger partial charge in [0.05, 0.1) is 10.2 Å². The Morgan fingerprint density at radius 3 is 2.95 bits per heavy atom. The summed E-state index contributed by atoms with van der Waals surface area (Å²) in [7, 11) is 0. The zero-order valence-electron chi connectivity index (χ0n) is 11.9. The highest BCUT2D eigenvalue weighted by Crippen LogP contribution is 2.26. The van der Waals surface area contributed by atoms with Gasteiger partial charge in [-0.3, -0.25) is 4.79 Å². The van der Waals surface area contributed by atoms with E-state index >= 15 is 0 Å². The van der Waals surface area contributed by atoms with Crippen LogP contribution in [0.25, 0.3) is 10.2 Å². The molecule has 0 fully saturated rings. The van der Waals surface area contributed by atoms with Gasteiger partial charge in [0.1, 0.15) is 0 Å². The van der Waals surface area contributed by atoms with Gasteiger partial charge >= 0.3 is 0 Å². The van der Waals surface area contributed by atoms with Crippen LogP contribution in [0.3, 0.4) is 0 Å². The van der Waals surface area contributed by atoms with E-state index < -0.39 is 0 Å². The summed E-state index contributed by atoms with van der Waals surface area (Å²) in [6, 6.07) is 7.83. The predicted molar refractivity (Wildman–Crippen MR) is 90.4 cm³/mol. The van der Waals surface area contributed by atoms with Crippen LogP contribution in [0.4, 0.5) is 5.13 Å². The summed E-state index contributed by atoms with van der Waals surface area (Å²) in [6.45, 7) is 2.04. The normalized spacial score (nSPS) is 10.8. The summed E-state index contributed by atoms with van der Waals surface area (Å²) in [5.41, 5.74) is 2.10. The van der Waals surface area contributed by atoms with Crippen LogP contribution in [0.1, 0.15) is 12.0 Å². The average Bonchev–Trinajstić information content (AvgIpc) is 2.89. The molecule has 0 atom stereocenters. The van der Waals surface area contributed by atoms with Crippen LogP contribution in [-0.2, 0) is 4.79 Å². The molecule has 2 aromatic heterocycles. The van der Waals surface area contributed by atoms with Gasteiger partial charge in [-0.05, 0) is 30.7 Å². The number of rotatable bonds is 5. The minimum Gasteiger partial charge on any atom is -0.302 e. The Bertz CT molecular complexity index is 789. The second-order valence-electron chi connectivity index (χ2n) is 4.67. The molecule has 0 bridgehead atoms. The molecule has 0 radical (unpaired) electrons. The largest absolute Gasteiger partial charge is 0.302 e. The number of thioether (sulfide) groups is 1. The third-order valence-electron chi connectivity index (χ3n) is 2.89. The maximum Gasteiger partial charge on any atom is 0.226 e. The third kappa shape index (κ3) is 3.80. The SMILES string of the molecule is Cc1ccc2nc(NC(=O)CCSc3ncccn3)sc2c1. The molecule has 0 unspecified atom stereocenters. The molecule has 3 aromatic rings. The van der Waals surface area contributed by atoms with E-state index in [0.29, 0.717) is 22.5 Å². The molecule has 0 aliphatic rings. The molecular formula is C15H14N4OS2. The van der Waals surface area contributed by atoms with Gasteiger partial charge < -0.3 is 5.32 Å². The number of thiazole rings is 1. The van der Waals surface area contributed by atoms with Crippen molar-refractivity contribution >= 4 is 44.4 Å². The van der Waals surface area contributed by atoms with Crippen molar-refractivity contribution in [2.24, 2.45) is 0 Å². The standard InChI is InChI=1S/C15H14N4OS2/c1-10-3-4-11-12(9-10)22-15(18-11)19-13(20)5-8-21-14-16-6-2-7-17-14/h2-4,6-7,9H,5,8H2,1H3,(H,18,19,20). The molecule has 0 aliphatic heterocycles. The maximum atomic E-state index is 11.9. The smallest absolute Gasteiger partial charge is 0.226 e. The fraction of sp³-hybridized carbons (Fsp3) is 0.200. The van der Waals surface area contributed by atoms with Crippen molar-refractivity contribution in [3.63, 3.8) is 0 Å². The Morgan fingerprint density at radius 1 is 1.32 bits per heavy atom. The van der Waals surface area contributed by atoms with E-state index in [1.807, 2.05) is 19.1 Å². The van der Waals surface area contributed by atoms with Gasteiger partial charge in [0.15, 0.2) is 10.3 Å². The Morgan fingerprint density at radius 2 is 2.14 bits per heavy atom. The Kier molecular flexibility index (Phi) is 4.65. The minimum atomic E-state index is -0.0424. The van der Waals surface area contributed by atoms with Crippen LogP contribution in [0.2, 0.25) is 0 Å². The quantitative estimate of drug-likeness (QED) is 0.573. The summed E-state index contributed by atoms with van der Waals surface area (Å²) in [6.07, 6.45) is 3.79. The fourth-order valence-corrected chi connectivity index (χ4v) is 3.58. The second kappa shape index (κ2) is 6.85. The van der Waals surface area contributed by atoms with Crippen LogP contribution in [0, 0.1) is 6.92 Å². The molecule has 0 aliphatic carbocycles. The number of aromatic nitrogens is 3. The van der Waals surface area contributed by atoms with Gasteiger partial charge in [-0.2, -0.15) is 0 Å². The number of hydrogen-bond donors (Lipinski definition) is 1. The first-order valence-electron chi connectivity index (χ1n) is 6.77. The summed E-state index contributed by atoms with van der Waals surface area (Å²) in [4.78, 5) is 24.6. The van der Waals surface area contributed by atoms with E-state index in [4.69, 9.17) is 0 Å². The molecule has 1 N–H and O–H groups in total. The van der Waals surface area contributed by atoms with E-state index in [9.17, 15) is 4.79 Å². The van der Waals surface area contributed by atoms with Crippen molar-refractivity contribution in [2.75, 3.05) is 11.1 Å². The number of carbonyl (C=O) groups is 1. The molecule has 0 saturated heterocycles. The van der Waals surface area contributed by atoms with Crippen molar-refractivity contribution in [3.05, 3.63) is 42.2 Å². The van der Waals surface area contributed by atoms with E-state index in [0.717, 1.165) is 10.2 Å². The number of amides is 1. The first-order chi connectivity index (χ1) is 10.7. The number of carbonyl (C=O) groups excluding carboxylic acids is 1. The van der Waals surface area contributed by atoms with Crippen molar-refractivity contribution < 1.29 is 4.79 Å². The molecule has 22 heavy (non-hydrogen) atoms. The molecule has 0 spiro atoms. The lowest BCUT2D eigenvalue weighted by Gasteiger charge is -2.00. The van der Waals surface area contributed by atoms with E-state index in [1.54, 1.807) is 18.5 Å². The van der Waals surface area contributed by atoms with Crippen LogP contribution < -0.4 is 5.32 Å². The van der Waals surface area contributed by atoms with Crippen molar-refractivity contribution in [2.45, 2.75) is 18.5 Å². The van der Waals surface area contributed by atoms with Gasteiger partial charge in [-0.25, -0.2) is 15.0 Å². The van der Waals surface area contributed by atoms with Crippen LogP contribution in [-0.4, -0.2) is 26.6 Å². The molecule has 7 heteroatoms. The number of aryl methyl sites for hydroxylation is 1. The summed E-state index contributed by atoms with van der Waals surface area (Å²) in [5.74, 6) is 0.596. The van der Waals surface area contributed by atoms with Crippen molar-refractivity contribution in [3.8, 4) is 0 Å². The summed E-state index contributed by atoms with van der Waals surface area (Å²) < 4.78 is 1.09. The molecule has 3 rings (SSSR count). The van der Waals surface area contributed by atoms with Crippen LogP contribution in [0.5, 0.6) is 0 Å². The number of benzene rings is 1. The molecule has 112 valence electrons. The highest BCUT2D eigenvalue weighted by Gasteiger charge is 2.08. The average molecular weight is 330 g/mol.